The number of nitrogens with zero attached hydrogens (tertiary/aromatic N) is 1. The maximum Gasteiger partial charge on any atom is 0.321 e. The smallest absolute Gasteiger partial charge is 0.321 e. The number of benzene rings is 2. The maximum atomic E-state index is 12.6. The standard InChI is InChI=1S/C24H31N3O2/c1-18-10-13-22(14-11-18)26-24(29)27-16-6-7-20(17-27)12-15-23(28)25-19(2)21-8-4-3-5-9-21/h3-5,8-11,13-14,19-20H,6-7,12,15-17H2,1-2H3,(H,25,28)(H,26,29)/t19-,20+/m0/s1. The number of amides is 3. The SMILES string of the molecule is Cc1ccc(NC(=O)N2CCC[C@H](CCC(=O)N[C@@H](C)c3ccccc3)C2)cc1. The number of hydrogen-bond acceptors (Lipinski definition) is 2. The predicted octanol–water partition coefficient (Wildman–Crippen LogP) is 4.90. The van der Waals surface area contributed by atoms with Gasteiger partial charge in [0.15, 0.2) is 0 Å². The molecule has 1 saturated heterocycles. The highest BCUT2D eigenvalue weighted by Gasteiger charge is 2.24. The molecule has 29 heavy (non-hydrogen) atoms. The van der Waals surface area contributed by atoms with Crippen LogP contribution in [0.5, 0.6) is 0 Å². The lowest BCUT2D eigenvalue weighted by molar-refractivity contribution is -0.122. The fourth-order valence-electron chi connectivity index (χ4n) is 3.80. The number of piperidine rings is 1. The second kappa shape index (κ2) is 10.1. The van der Waals surface area contributed by atoms with Crippen molar-refractivity contribution >= 4 is 17.6 Å². The summed E-state index contributed by atoms with van der Waals surface area (Å²) in [5.41, 5.74) is 3.09. The van der Waals surface area contributed by atoms with Crippen molar-refractivity contribution in [1.82, 2.24) is 10.2 Å². The minimum absolute atomic E-state index is 0.00633. The number of carbonyl (C=O) groups excluding carboxylic acids is 2. The molecule has 154 valence electrons. The zero-order valence-corrected chi connectivity index (χ0v) is 17.4. The van der Waals surface area contributed by atoms with Crippen molar-refractivity contribution < 1.29 is 9.59 Å². The number of likely N-dealkylation sites (tertiary alicyclic amines) is 1. The van der Waals surface area contributed by atoms with Crippen molar-refractivity contribution in [3.8, 4) is 0 Å². The average molecular weight is 394 g/mol. The van der Waals surface area contributed by atoms with E-state index in [1.54, 1.807) is 0 Å². The van der Waals surface area contributed by atoms with Gasteiger partial charge in [0.2, 0.25) is 5.91 Å². The van der Waals surface area contributed by atoms with Gasteiger partial charge < -0.3 is 15.5 Å². The first-order valence-electron chi connectivity index (χ1n) is 10.5. The highest BCUT2D eigenvalue weighted by Crippen LogP contribution is 2.22. The Morgan fingerprint density at radius 1 is 1.10 bits per heavy atom. The zero-order chi connectivity index (χ0) is 20.6. The first kappa shape index (κ1) is 20.9. The first-order chi connectivity index (χ1) is 14.0. The van der Waals surface area contributed by atoms with Crippen molar-refractivity contribution in [3.05, 3.63) is 65.7 Å². The van der Waals surface area contributed by atoms with E-state index in [4.69, 9.17) is 0 Å². The number of rotatable bonds is 6. The molecule has 5 nitrogen and oxygen atoms in total. The Balaban J connectivity index is 1.43. The molecule has 3 rings (SSSR count). The third-order valence-electron chi connectivity index (χ3n) is 5.57. The lowest BCUT2D eigenvalue weighted by atomic mass is 9.93. The molecule has 0 unspecified atom stereocenters. The van der Waals surface area contributed by atoms with E-state index in [9.17, 15) is 9.59 Å². The molecule has 2 aromatic rings. The molecule has 0 bridgehead atoms. The summed E-state index contributed by atoms with van der Waals surface area (Å²) in [6.07, 6.45) is 3.35. The highest BCUT2D eigenvalue weighted by molar-refractivity contribution is 5.89. The fourth-order valence-corrected chi connectivity index (χ4v) is 3.80. The topological polar surface area (TPSA) is 61.4 Å². The van der Waals surface area contributed by atoms with Gasteiger partial charge in [0.05, 0.1) is 6.04 Å². The van der Waals surface area contributed by atoms with E-state index in [-0.39, 0.29) is 18.0 Å². The predicted molar refractivity (Wildman–Crippen MR) is 117 cm³/mol. The van der Waals surface area contributed by atoms with Gasteiger partial charge in [0.25, 0.3) is 0 Å². The Kier molecular flexibility index (Phi) is 7.28. The van der Waals surface area contributed by atoms with Crippen molar-refractivity contribution in [1.29, 1.82) is 0 Å². The van der Waals surface area contributed by atoms with Gasteiger partial charge in [0.1, 0.15) is 0 Å². The fraction of sp³-hybridized carbons (Fsp3) is 0.417. The molecule has 5 heteroatoms. The molecule has 0 spiro atoms. The minimum atomic E-state index is -0.0549. The summed E-state index contributed by atoms with van der Waals surface area (Å²) in [4.78, 5) is 26.8. The molecule has 1 heterocycles. The lowest BCUT2D eigenvalue weighted by Crippen LogP contribution is -2.42. The van der Waals surface area contributed by atoms with Gasteiger partial charge >= 0.3 is 6.03 Å². The molecule has 0 aliphatic carbocycles. The van der Waals surface area contributed by atoms with Gasteiger partial charge in [-0.15, -0.1) is 0 Å². The van der Waals surface area contributed by atoms with E-state index in [0.717, 1.165) is 37.1 Å². The van der Waals surface area contributed by atoms with Gasteiger partial charge in [-0.3, -0.25) is 4.79 Å². The number of carbonyl (C=O) groups is 2. The molecular weight excluding hydrogens is 362 g/mol. The van der Waals surface area contributed by atoms with Crippen molar-refractivity contribution in [2.45, 2.75) is 45.6 Å². The van der Waals surface area contributed by atoms with Crippen LogP contribution in [0, 0.1) is 12.8 Å². The van der Waals surface area contributed by atoms with E-state index in [0.29, 0.717) is 18.9 Å². The summed E-state index contributed by atoms with van der Waals surface area (Å²) in [6.45, 7) is 5.51. The third-order valence-corrected chi connectivity index (χ3v) is 5.57. The van der Waals surface area contributed by atoms with Gasteiger partial charge in [-0.05, 0) is 56.7 Å². The second-order valence-electron chi connectivity index (χ2n) is 7.99. The van der Waals surface area contributed by atoms with Crippen molar-refractivity contribution in [3.63, 3.8) is 0 Å². The minimum Gasteiger partial charge on any atom is -0.350 e. The molecule has 0 aromatic heterocycles. The molecule has 1 aliphatic rings. The summed E-state index contributed by atoms with van der Waals surface area (Å²) in [7, 11) is 0. The Bertz CT molecular complexity index is 805. The van der Waals surface area contributed by atoms with Crippen LogP contribution in [0.4, 0.5) is 10.5 Å². The Morgan fingerprint density at radius 3 is 2.55 bits per heavy atom. The van der Waals surface area contributed by atoms with Crippen LogP contribution >= 0.6 is 0 Å². The molecular formula is C24H31N3O2. The van der Waals surface area contributed by atoms with Gasteiger partial charge in [0, 0.05) is 25.2 Å². The van der Waals surface area contributed by atoms with Crippen LogP contribution < -0.4 is 10.6 Å². The average Bonchev–Trinajstić information content (AvgIpc) is 2.74. The Morgan fingerprint density at radius 2 is 1.83 bits per heavy atom. The molecule has 1 fully saturated rings. The quantitative estimate of drug-likeness (QED) is 0.733. The zero-order valence-electron chi connectivity index (χ0n) is 17.4. The number of aryl methyl sites for hydroxylation is 1. The van der Waals surface area contributed by atoms with Gasteiger partial charge in [-0.2, -0.15) is 0 Å². The number of hydrogen-bond donors (Lipinski definition) is 2. The molecule has 2 atom stereocenters. The van der Waals surface area contributed by atoms with E-state index in [2.05, 4.69) is 10.6 Å². The summed E-state index contributed by atoms with van der Waals surface area (Å²) in [6, 6.07) is 17.8. The number of urea groups is 1. The van der Waals surface area contributed by atoms with Gasteiger partial charge in [-0.25, -0.2) is 4.79 Å². The Hall–Kier alpha value is -2.82. The third kappa shape index (κ3) is 6.34. The van der Waals surface area contributed by atoms with Crippen LogP contribution in [0.3, 0.4) is 0 Å². The number of nitrogens with one attached hydrogen (secondary N) is 2. The summed E-state index contributed by atoms with van der Waals surface area (Å²) in [5, 5.41) is 6.05. The second-order valence-corrected chi connectivity index (χ2v) is 7.99. The van der Waals surface area contributed by atoms with Crippen LogP contribution in [-0.4, -0.2) is 29.9 Å². The summed E-state index contributed by atoms with van der Waals surface area (Å²) >= 11 is 0. The van der Waals surface area contributed by atoms with E-state index in [1.807, 2.05) is 73.3 Å². The lowest BCUT2D eigenvalue weighted by Gasteiger charge is -2.32. The van der Waals surface area contributed by atoms with E-state index in [1.165, 1.54) is 5.56 Å². The maximum absolute atomic E-state index is 12.6. The highest BCUT2D eigenvalue weighted by atomic mass is 16.2. The molecule has 3 amide bonds. The normalized spacial score (nSPS) is 17.4. The Labute approximate surface area is 173 Å². The summed E-state index contributed by atoms with van der Waals surface area (Å²) < 4.78 is 0. The molecule has 2 N–H and O–H groups in total. The number of anilines is 1. The van der Waals surface area contributed by atoms with Crippen molar-refractivity contribution in [2.75, 3.05) is 18.4 Å². The van der Waals surface area contributed by atoms with Crippen LogP contribution in [-0.2, 0) is 4.79 Å². The summed E-state index contributed by atoms with van der Waals surface area (Å²) in [5.74, 6) is 0.438. The first-order valence-corrected chi connectivity index (χ1v) is 10.5. The van der Waals surface area contributed by atoms with Crippen LogP contribution in [0.2, 0.25) is 0 Å². The largest absolute Gasteiger partial charge is 0.350 e. The van der Waals surface area contributed by atoms with E-state index >= 15 is 0 Å². The van der Waals surface area contributed by atoms with Crippen LogP contribution in [0.25, 0.3) is 0 Å². The van der Waals surface area contributed by atoms with Crippen LogP contribution in [0.1, 0.15) is 49.8 Å². The van der Waals surface area contributed by atoms with E-state index < -0.39 is 0 Å². The van der Waals surface area contributed by atoms with Gasteiger partial charge in [-0.1, -0.05) is 48.0 Å². The molecule has 0 radical (unpaired) electrons. The molecule has 2 aromatic carbocycles. The molecule has 1 aliphatic heterocycles. The van der Waals surface area contributed by atoms with Crippen molar-refractivity contribution in [2.24, 2.45) is 5.92 Å². The van der Waals surface area contributed by atoms with Crippen LogP contribution in [0.15, 0.2) is 54.6 Å². The monoisotopic (exact) mass is 393 g/mol. The molecule has 0 saturated carbocycles.